The van der Waals surface area contributed by atoms with Crippen molar-refractivity contribution in [1.29, 1.82) is 0 Å². The molecule has 0 atom stereocenters. The van der Waals surface area contributed by atoms with Gasteiger partial charge in [0.15, 0.2) is 6.61 Å². The summed E-state index contributed by atoms with van der Waals surface area (Å²) in [5.74, 6) is -0.204. The minimum Gasteiger partial charge on any atom is -0.496 e. The van der Waals surface area contributed by atoms with E-state index in [-0.39, 0.29) is 12.5 Å². The van der Waals surface area contributed by atoms with Gasteiger partial charge < -0.3 is 14.4 Å². The number of piperidine rings is 1. The molecule has 1 saturated heterocycles. The molecule has 1 amide bonds. The fraction of sp³-hybridized carbons (Fsp3) is 0.500. The van der Waals surface area contributed by atoms with Gasteiger partial charge in [0, 0.05) is 18.0 Å². The lowest BCUT2D eigenvalue weighted by atomic mass is 10.1. The lowest BCUT2D eigenvalue weighted by molar-refractivity contribution is -0.135. The van der Waals surface area contributed by atoms with E-state index in [9.17, 15) is 9.59 Å². The predicted molar refractivity (Wildman–Crippen MR) is 85.5 cm³/mol. The van der Waals surface area contributed by atoms with E-state index in [1.54, 1.807) is 28.8 Å². The minimum atomic E-state index is -0.533. The fourth-order valence-corrected chi connectivity index (χ4v) is 2.84. The summed E-state index contributed by atoms with van der Waals surface area (Å²) in [5.41, 5.74) is 0.340. The molecule has 1 heterocycles. The highest BCUT2D eigenvalue weighted by Crippen LogP contribution is 2.25. The van der Waals surface area contributed by atoms with Crippen molar-refractivity contribution in [3.05, 3.63) is 23.8 Å². The molecule has 0 spiro atoms. The summed E-state index contributed by atoms with van der Waals surface area (Å²) in [7, 11) is 1.51. The Balaban J connectivity index is 1.95. The van der Waals surface area contributed by atoms with Crippen LogP contribution in [0.1, 0.15) is 29.6 Å². The molecule has 120 valence electrons. The smallest absolute Gasteiger partial charge is 0.342 e. The Bertz CT molecular complexity index is 541. The van der Waals surface area contributed by atoms with Gasteiger partial charge in [-0.15, -0.1) is 11.8 Å². The van der Waals surface area contributed by atoms with Crippen LogP contribution in [-0.2, 0) is 9.53 Å². The number of benzene rings is 1. The Hall–Kier alpha value is -1.69. The molecule has 1 fully saturated rings. The molecule has 0 bridgehead atoms. The molecule has 5 nitrogen and oxygen atoms in total. The van der Waals surface area contributed by atoms with Crippen molar-refractivity contribution in [3.63, 3.8) is 0 Å². The number of hydrogen-bond acceptors (Lipinski definition) is 5. The van der Waals surface area contributed by atoms with Crippen molar-refractivity contribution >= 4 is 23.6 Å². The second-order valence-electron chi connectivity index (χ2n) is 5.08. The second-order valence-corrected chi connectivity index (χ2v) is 5.96. The van der Waals surface area contributed by atoms with Gasteiger partial charge in [0.2, 0.25) is 0 Å². The van der Waals surface area contributed by atoms with Crippen molar-refractivity contribution < 1.29 is 19.1 Å². The molecule has 22 heavy (non-hydrogen) atoms. The van der Waals surface area contributed by atoms with Crippen molar-refractivity contribution in [1.82, 2.24) is 4.90 Å². The highest BCUT2D eigenvalue weighted by Gasteiger charge is 2.20. The lowest BCUT2D eigenvalue weighted by Gasteiger charge is -2.26. The summed E-state index contributed by atoms with van der Waals surface area (Å²) in [6.45, 7) is 1.29. The largest absolute Gasteiger partial charge is 0.496 e. The summed E-state index contributed by atoms with van der Waals surface area (Å²) in [6, 6.07) is 5.28. The van der Waals surface area contributed by atoms with Gasteiger partial charge in [0.25, 0.3) is 5.91 Å². The molecule has 0 aromatic heterocycles. The van der Waals surface area contributed by atoms with Crippen molar-refractivity contribution in [2.24, 2.45) is 0 Å². The van der Waals surface area contributed by atoms with Gasteiger partial charge in [-0.1, -0.05) is 0 Å². The van der Waals surface area contributed by atoms with Gasteiger partial charge >= 0.3 is 5.97 Å². The molecule has 0 saturated carbocycles. The second kappa shape index (κ2) is 8.08. The van der Waals surface area contributed by atoms with E-state index in [2.05, 4.69) is 0 Å². The van der Waals surface area contributed by atoms with Gasteiger partial charge in [0.1, 0.15) is 11.3 Å². The molecule has 0 radical (unpaired) electrons. The first kappa shape index (κ1) is 16.7. The van der Waals surface area contributed by atoms with Gasteiger partial charge in [-0.2, -0.15) is 0 Å². The number of methoxy groups -OCH3 is 1. The zero-order valence-electron chi connectivity index (χ0n) is 13.0. The van der Waals surface area contributed by atoms with Crippen LogP contribution < -0.4 is 4.74 Å². The zero-order valence-corrected chi connectivity index (χ0v) is 13.8. The number of rotatable bonds is 5. The average molecular weight is 323 g/mol. The van der Waals surface area contributed by atoms with E-state index < -0.39 is 5.97 Å². The van der Waals surface area contributed by atoms with Crippen LogP contribution in [0.15, 0.2) is 23.1 Å². The molecule has 2 rings (SSSR count). The molecular weight excluding hydrogens is 302 g/mol. The molecule has 1 aliphatic rings. The van der Waals surface area contributed by atoms with E-state index >= 15 is 0 Å². The van der Waals surface area contributed by atoms with Crippen molar-refractivity contribution in [2.75, 3.05) is 33.1 Å². The Kier molecular flexibility index (Phi) is 6.12. The number of hydrogen-bond donors (Lipinski definition) is 0. The first-order valence-corrected chi connectivity index (χ1v) is 8.55. The van der Waals surface area contributed by atoms with E-state index in [4.69, 9.17) is 9.47 Å². The van der Waals surface area contributed by atoms with Gasteiger partial charge in [0.05, 0.1) is 7.11 Å². The maximum atomic E-state index is 12.1. The first-order chi connectivity index (χ1) is 10.7. The van der Waals surface area contributed by atoms with E-state index in [1.807, 2.05) is 12.3 Å². The number of amides is 1. The van der Waals surface area contributed by atoms with Crippen LogP contribution in [0.3, 0.4) is 0 Å². The zero-order chi connectivity index (χ0) is 15.9. The lowest BCUT2D eigenvalue weighted by Crippen LogP contribution is -2.38. The minimum absolute atomic E-state index is 0.132. The third kappa shape index (κ3) is 4.16. The van der Waals surface area contributed by atoms with Gasteiger partial charge in [-0.25, -0.2) is 4.79 Å². The Morgan fingerprint density at radius 2 is 1.95 bits per heavy atom. The van der Waals surface area contributed by atoms with Crippen LogP contribution in [0, 0.1) is 0 Å². The maximum Gasteiger partial charge on any atom is 0.342 e. The van der Waals surface area contributed by atoms with Crippen LogP contribution in [0.5, 0.6) is 5.75 Å². The summed E-state index contributed by atoms with van der Waals surface area (Å²) in [6.07, 6.45) is 5.14. The van der Waals surface area contributed by atoms with E-state index in [1.165, 1.54) is 7.11 Å². The van der Waals surface area contributed by atoms with Crippen LogP contribution in [-0.4, -0.2) is 49.8 Å². The predicted octanol–water partition coefficient (Wildman–Crippen LogP) is 2.59. The number of nitrogens with zero attached hydrogens (tertiary/aromatic N) is 1. The van der Waals surface area contributed by atoms with Crippen molar-refractivity contribution in [2.45, 2.75) is 24.2 Å². The molecule has 0 unspecified atom stereocenters. The molecule has 1 aromatic rings. The highest BCUT2D eigenvalue weighted by atomic mass is 32.2. The number of likely N-dealkylation sites (tertiary alicyclic amines) is 1. The normalized spacial score (nSPS) is 14.5. The topological polar surface area (TPSA) is 55.8 Å². The summed E-state index contributed by atoms with van der Waals surface area (Å²) < 4.78 is 10.4. The number of thioether (sulfide) groups is 1. The number of carbonyl (C=O) groups is 2. The Morgan fingerprint density at radius 1 is 1.23 bits per heavy atom. The molecule has 0 N–H and O–H groups in total. The summed E-state index contributed by atoms with van der Waals surface area (Å²) in [5, 5.41) is 0. The van der Waals surface area contributed by atoms with Gasteiger partial charge in [-0.05, 0) is 43.7 Å². The van der Waals surface area contributed by atoms with Crippen molar-refractivity contribution in [3.8, 4) is 5.75 Å². The van der Waals surface area contributed by atoms with Crippen LogP contribution in [0.25, 0.3) is 0 Å². The first-order valence-electron chi connectivity index (χ1n) is 7.32. The quantitative estimate of drug-likeness (QED) is 0.616. The summed E-state index contributed by atoms with van der Waals surface area (Å²) in [4.78, 5) is 26.9. The fourth-order valence-electron chi connectivity index (χ4n) is 2.41. The van der Waals surface area contributed by atoms with Crippen LogP contribution in [0.2, 0.25) is 0 Å². The molecule has 6 heteroatoms. The Labute approximate surface area is 135 Å². The van der Waals surface area contributed by atoms with E-state index in [0.29, 0.717) is 11.3 Å². The third-order valence-electron chi connectivity index (χ3n) is 3.66. The molecular formula is C16H21NO4S. The average Bonchev–Trinajstić information content (AvgIpc) is 2.59. The van der Waals surface area contributed by atoms with Gasteiger partial charge in [-0.3, -0.25) is 4.79 Å². The standard InChI is InChI=1S/C16H21NO4S/c1-20-14-10-12(22-2)6-7-13(14)16(19)21-11-15(18)17-8-4-3-5-9-17/h6-7,10H,3-5,8-9,11H2,1-2H3. The Morgan fingerprint density at radius 3 is 2.59 bits per heavy atom. The molecule has 1 aliphatic heterocycles. The SMILES string of the molecule is COc1cc(SC)ccc1C(=O)OCC(=O)N1CCCCC1. The number of carbonyl (C=O) groups excluding carboxylic acids is 2. The summed E-state index contributed by atoms with van der Waals surface area (Å²) >= 11 is 1.56. The van der Waals surface area contributed by atoms with Crippen LogP contribution in [0.4, 0.5) is 0 Å². The maximum absolute atomic E-state index is 12.1. The molecule has 1 aromatic carbocycles. The number of ether oxygens (including phenoxy) is 2. The monoisotopic (exact) mass is 323 g/mol. The van der Waals surface area contributed by atoms with E-state index in [0.717, 1.165) is 37.2 Å². The molecule has 0 aliphatic carbocycles. The third-order valence-corrected chi connectivity index (χ3v) is 4.39. The highest BCUT2D eigenvalue weighted by molar-refractivity contribution is 7.98. The number of esters is 1. The van der Waals surface area contributed by atoms with Crippen LogP contribution >= 0.6 is 11.8 Å².